The van der Waals surface area contributed by atoms with Crippen molar-refractivity contribution in [2.24, 2.45) is 0 Å². The standard InChI is InChI=1S/C22H29N3O2S/c1-5-19(26)25-12-10-15(11-13-25)21-24-18(14-28-21)20(27)23-17-9-7-6-8-16(17)22(2,3)4/h6-9,14-15H,5,10-13H2,1-4H3,(H,23,27). The maximum atomic E-state index is 12.7. The van der Waals surface area contributed by atoms with Gasteiger partial charge >= 0.3 is 0 Å². The van der Waals surface area contributed by atoms with Crippen molar-refractivity contribution in [1.82, 2.24) is 9.88 Å². The van der Waals surface area contributed by atoms with Crippen molar-refractivity contribution < 1.29 is 9.59 Å². The largest absolute Gasteiger partial charge is 0.343 e. The van der Waals surface area contributed by atoms with Gasteiger partial charge in [-0.05, 0) is 29.9 Å². The number of benzene rings is 1. The Bertz CT molecular complexity index is 845. The number of thiazole rings is 1. The maximum absolute atomic E-state index is 12.7. The van der Waals surface area contributed by atoms with Crippen LogP contribution in [0.5, 0.6) is 0 Å². The minimum absolute atomic E-state index is 0.0546. The zero-order valence-corrected chi connectivity index (χ0v) is 17.9. The minimum atomic E-state index is -0.169. The van der Waals surface area contributed by atoms with E-state index in [0.29, 0.717) is 18.0 Å². The molecule has 6 heteroatoms. The minimum Gasteiger partial charge on any atom is -0.343 e. The lowest BCUT2D eigenvalue weighted by Crippen LogP contribution is -2.37. The molecular weight excluding hydrogens is 370 g/mol. The number of carbonyl (C=O) groups is 2. The van der Waals surface area contributed by atoms with E-state index in [9.17, 15) is 9.59 Å². The number of carbonyl (C=O) groups excluding carboxylic acids is 2. The Morgan fingerprint density at radius 3 is 2.54 bits per heavy atom. The zero-order chi connectivity index (χ0) is 20.3. The number of hydrogen-bond donors (Lipinski definition) is 1. The first kappa shape index (κ1) is 20.5. The molecule has 0 saturated carbocycles. The summed E-state index contributed by atoms with van der Waals surface area (Å²) in [5.41, 5.74) is 2.35. The van der Waals surface area contributed by atoms with Crippen molar-refractivity contribution in [2.45, 2.75) is 58.3 Å². The van der Waals surface area contributed by atoms with Crippen molar-refractivity contribution >= 4 is 28.8 Å². The molecule has 150 valence electrons. The Morgan fingerprint density at radius 1 is 1.21 bits per heavy atom. The number of nitrogens with one attached hydrogen (secondary N) is 1. The van der Waals surface area contributed by atoms with Gasteiger partial charge in [0.05, 0.1) is 5.01 Å². The van der Waals surface area contributed by atoms with Crippen LogP contribution in [0.4, 0.5) is 5.69 Å². The van der Waals surface area contributed by atoms with E-state index in [1.165, 1.54) is 0 Å². The van der Waals surface area contributed by atoms with Gasteiger partial charge in [0.25, 0.3) is 5.91 Å². The monoisotopic (exact) mass is 399 g/mol. The molecule has 1 fully saturated rings. The smallest absolute Gasteiger partial charge is 0.275 e. The second-order valence-electron chi connectivity index (χ2n) is 8.33. The highest BCUT2D eigenvalue weighted by Crippen LogP contribution is 2.32. The Kier molecular flexibility index (Phi) is 6.18. The summed E-state index contributed by atoms with van der Waals surface area (Å²) in [5.74, 6) is 0.377. The molecule has 1 aliphatic rings. The van der Waals surface area contributed by atoms with Crippen molar-refractivity contribution in [3.63, 3.8) is 0 Å². The van der Waals surface area contributed by atoms with Gasteiger partial charge in [-0.2, -0.15) is 0 Å². The van der Waals surface area contributed by atoms with Gasteiger partial charge in [-0.1, -0.05) is 45.9 Å². The van der Waals surface area contributed by atoms with Gasteiger partial charge in [0.1, 0.15) is 5.69 Å². The van der Waals surface area contributed by atoms with Gasteiger partial charge in [-0.15, -0.1) is 11.3 Å². The van der Waals surface area contributed by atoms with Gasteiger partial charge < -0.3 is 10.2 Å². The lowest BCUT2D eigenvalue weighted by Gasteiger charge is -2.30. The molecule has 0 aliphatic carbocycles. The van der Waals surface area contributed by atoms with Crippen LogP contribution in [0.2, 0.25) is 0 Å². The molecule has 1 saturated heterocycles. The second kappa shape index (κ2) is 8.43. The number of nitrogens with zero attached hydrogens (tertiary/aromatic N) is 2. The number of hydrogen-bond acceptors (Lipinski definition) is 4. The first-order valence-electron chi connectivity index (χ1n) is 9.93. The van der Waals surface area contributed by atoms with E-state index >= 15 is 0 Å². The van der Waals surface area contributed by atoms with Gasteiger partial charge in [0.15, 0.2) is 0 Å². The van der Waals surface area contributed by atoms with Crippen LogP contribution in [0.1, 0.15) is 73.9 Å². The predicted octanol–water partition coefficient (Wildman–Crippen LogP) is 4.81. The molecule has 1 N–H and O–H groups in total. The molecule has 1 aromatic carbocycles. The van der Waals surface area contributed by atoms with Crippen molar-refractivity contribution in [3.05, 3.63) is 45.9 Å². The van der Waals surface area contributed by atoms with Crippen LogP contribution in [0.15, 0.2) is 29.6 Å². The van der Waals surface area contributed by atoms with Crippen LogP contribution >= 0.6 is 11.3 Å². The molecule has 2 heterocycles. The van der Waals surface area contributed by atoms with Gasteiger partial charge in [-0.3, -0.25) is 9.59 Å². The second-order valence-corrected chi connectivity index (χ2v) is 9.22. The van der Waals surface area contributed by atoms with Gasteiger partial charge in [0, 0.05) is 36.5 Å². The van der Waals surface area contributed by atoms with E-state index in [0.717, 1.165) is 42.2 Å². The van der Waals surface area contributed by atoms with Crippen LogP contribution in [0, 0.1) is 0 Å². The van der Waals surface area contributed by atoms with Gasteiger partial charge in [-0.25, -0.2) is 4.98 Å². The average molecular weight is 400 g/mol. The number of anilines is 1. The highest BCUT2D eigenvalue weighted by molar-refractivity contribution is 7.10. The van der Waals surface area contributed by atoms with E-state index in [4.69, 9.17) is 0 Å². The fourth-order valence-corrected chi connectivity index (χ4v) is 4.58. The van der Waals surface area contributed by atoms with E-state index in [2.05, 4.69) is 31.1 Å². The molecule has 0 spiro atoms. The zero-order valence-electron chi connectivity index (χ0n) is 17.1. The van der Waals surface area contributed by atoms with Crippen molar-refractivity contribution in [3.8, 4) is 0 Å². The number of amides is 2. The average Bonchev–Trinajstić information content (AvgIpc) is 3.17. The third kappa shape index (κ3) is 4.61. The summed E-state index contributed by atoms with van der Waals surface area (Å²) in [7, 11) is 0. The van der Waals surface area contributed by atoms with Gasteiger partial charge in [0.2, 0.25) is 5.91 Å². The summed E-state index contributed by atoms with van der Waals surface area (Å²) in [6.07, 6.45) is 2.38. The Balaban J connectivity index is 1.67. The quantitative estimate of drug-likeness (QED) is 0.802. The summed E-state index contributed by atoms with van der Waals surface area (Å²) in [6, 6.07) is 7.91. The molecule has 5 nitrogen and oxygen atoms in total. The number of likely N-dealkylation sites (tertiary alicyclic amines) is 1. The molecule has 0 radical (unpaired) electrons. The molecule has 28 heavy (non-hydrogen) atoms. The Labute approximate surface area is 171 Å². The Hall–Kier alpha value is -2.21. The lowest BCUT2D eigenvalue weighted by molar-refractivity contribution is -0.131. The molecule has 0 atom stereocenters. The molecule has 1 aromatic heterocycles. The van der Waals surface area contributed by atoms with Crippen molar-refractivity contribution in [1.29, 1.82) is 0 Å². The summed E-state index contributed by atoms with van der Waals surface area (Å²) in [5, 5.41) is 5.87. The third-order valence-corrected chi connectivity index (χ3v) is 6.24. The summed E-state index contributed by atoms with van der Waals surface area (Å²) in [4.78, 5) is 31.1. The molecule has 3 rings (SSSR count). The normalized spacial score (nSPS) is 15.5. The topological polar surface area (TPSA) is 62.3 Å². The molecular formula is C22H29N3O2S. The first-order chi connectivity index (χ1) is 13.3. The van der Waals surface area contributed by atoms with Crippen LogP contribution in [0.25, 0.3) is 0 Å². The highest BCUT2D eigenvalue weighted by atomic mass is 32.1. The molecule has 1 aliphatic heterocycles. The predicted molar refractivity (Wildman–Crippen MR) is 114 cm³/mol. The van der Waals surface area contributed by atoms with E-state index in [1.807, 2.05) is 41.5 Å². The highest BCUT2D eigenvalue weighted by Gasteiger charge is 2.26. The van der Waals surface area contributed by atoms with Crippen molar-refractivity contribution in [2.75, 3.05) is 18.4 Å². The maximum Gasteiger partial charge on any atom is 0.275 e. The molecule has 0 bridgehead atoms. The Morgan fingerprint density at radius 2 is 1.89 bits per heavy atom. The van der Waals surface area contributed by atoms with Crippen LogP contribution < -0.4 is 5.32 Å². The van der Waals surface area contributed by atoms with E-state index in [-0.39, 0.29) is 17.2 Å². The fourth-order valence-electron chi connectivity index (χ4n) is 3.61. The van der Waals surface area contributed by atoms with Crippen LogP contribution in [0.3, 0.4) is 0 Å². The van der Waals surface area contributed by atoms with Crippen LogP contribution in [-0.2, 0) is 10.2 Å². The first-order valence-corrected chi connectivity index (χ1v) is 10.8. The fraction of sp³-hybridized carbons (Fsp3) is 0.500. The molecule has 0 unspecified atom stereocenters. The molecule has 2 aromatic rings. The number of piperidine rings is 1. The number of aromatic nitrogens is 1. The lowest BCUT2D eigenvalue weighted by atomic mass is 9.86. The SMILES string of the molecule is CCC(=O)N1CCC(c2nc(C(=O)Nc3ccccc3C(C)(C)C)cs2)CC1. The van der Waals surface area contributed by atoms with Crippen LogP contribution in [-0.4, -0.2) is 34.8 Å². The third-order valence-electron chi connectivity index (χ3n) is 5.24. The summed E-state index contributed by atoms with van der Waals surface area (Å²) in [6.45, 7) is 9.85. The number of para-hydroxylation sites is 1. The van der Waals surface area contributed by atoms with E-state index < -0.39 is 0 Å². The summed E-state index contributed by atoms with van der Waals surface area (Å²) < 4.78 is 0. The molecule has 2 amide bonds. The number of rotatable bonds is 4. The van der Waals surface area contributed by atoms with E-state index in [1.54, 1.807) is 11.3 Å². The summed E-state index contributed by atoms with van der Waals surface area (Å²) >= 11 is 1.54.